The Morgan fingerprint density at radius 1 is 0.944 bits per heavy atom. The second kappa shape index (κ2) is 5.60. The molecule has 2 aromatic rings. The average Bonchev–Trinajstić information content (AvgIpc) is 2.37. The predicted octanol–water partition coefficient (Wildman–Crippen LogP) is 3.26. The van der Waals surface area contributed by atoms with Gasteiger partial charge in [-0.2, -0.15) is 4.39 Å². The Kier molecular flexibility index (Phi) is 3.89. The number of halogens is 2. The van der Waals surface area contributed by atoms with Gasteiger partial charge in [-0.15, -0.1) is 0 Å². The molecule has 0 aliphatic heterocycles. The molecule has 0 saturated carbocycles. The van der Waals surface area contributed by atoms with Gasteiger partial charge in [0.05, 0.1) is 0 Å². The SMILES string of the molecule is NCCc1ccccc1Oc1cccc(F)c1F. The minimum atomic E-state index is -0.986. The summed E-state index contributed by atoms with van der Waals surface area (Å²) >= 11 is 0. The van der Waals surface area contributed by atoms with Crippen LogP contribution >= 0.6 is 0 Å². The molecule has 2 aromatic carbocycles. The first-order valence-corrected chi connectivity index (χ1v) is 5.62. The highest BCUT2D eigenvalue weighted by Crippen LogP contribution is 2.28. The quantitative estimate of drug-likeness (QED) is 0.902. The van der Waals surface area contributed by atoms with E-state index in [0.717, 1.165) is 11.6 Å². The minimum Gasteiger partial charge on any atom is -0.454 e. The van der Waals surface area contributed by atoms with Gasteiger partial charge in [0.25, 0.3) is 0 Å². The highest BCUT2D eigenvalue weighted by Gasteiger charge is 2.11. The summed E-state index contributed by atoms with van der Waals surface area (Å²) in [6.45, 7) is 0.464. The number of rotatable bonds is 4. The molecular formula is C14H13F2NO. The fraction of sp³-hybridized carbons (Fsp3) is 0.143. The van der Waals surface area contributed by atoms with Crippen molar-refractivity contribution >= 4 is 0 Å². The van der Waals surface area contributed by atoms with E-state index >= 15 is 0 Å². The molecule has 0 bridgehead atoms. The van der Waals surface area contributed by atoms with Crippen molar-refractivity contribution in [1.29, 1.82) is 0 Å². The molecule has 0 aromatic heterocycles. The van der Waals surface area contributed by atoms with Gasteiger partial charge >= 0.3 is 0 Å². The number of hydrogen-bond donors (Lipinski definition) is 1. The van der Waals surface area contributed by atoms with E-state index in [2.05, 4.69) is 0 Å². The van der Waals surface area contributed by atoms with E-state index in [4.69, 9.17) is 10.5 Å². The summed E-state index contributed by atoms with van der Waals surface area (Å²) in [7, 11) is 0. The molecule has 0 fully saturated rings. The molecule has 18 heavy (non-hydrogen) atoms. The van der Waals surface area contributed by atoms with Crippen molar-refractivity contribution < 1.29 is 13.5 Å². The molecule has 0 aliphatic rings. The van der Waals surface area contributed by atoms with Crippen LogP contribution in [0.3, 0.4) is 0 Å². The first-order valence-electron chi connectivity index (χ1n) is 5.62. The van der Waals surface area contributed by atoms with Gasteiger partial charge in [-0.05, 0) is 36.7 Å². The van der Waals surface area contributed by atoms with Crippen molar-refractivity contribution in [2.24, 2.45) is 5.73 Å². The molecule has 94 valence electrons. The Morgan fingerprint density at radius 3 is 2.44 bits per heavy atom. The van der Waals surface area contributed by atoms with Gasteiger partial charge in [0, 0.05) is 0 Å². The smallest absolute Gasteiger partial charge is 0.201 e. The van der Waals surface area contributed by atoms with Crippen molar-refractivity contribution in [2.45, 2.75) is 6.42 Å². The Balaban J connectivity index is 2.31. The van der Waals surface area contributed by atoms with Crippen molar-refractivity contribution in [3.8, 4) is 11.5 Å². The zero-order valence-electron chi connectivity index (χ0n) is 9.70. The number of hydrogen-bond acceptors (Lipinski definition) is 2. The summed E-state index contributed by atoms with van der Waals surface area (Å²) in [5, 5.41) is 0. The van der Waals surface area contributed by atoms with E-state index in [1.54, 1.807) is 12.1 Å². The summed E-state index contributed by atoms with van der Waals surface area (Å²) in [6, 6.07) is 11.0. The Morgan fingerprint density at radius 2 is 1.67 bits per heavy atom. The van der Waals surface area contributed by atoms with Crippen LogP contribution in [0, 0.1) is 11.6 Å². The van der Waals surface area contributed by atoms with E-state index in [9.17, 15) is 8.78 Å². The van der Waals surface area contributed by atoms with Gasteiger partial charge in [0.2, 0.25) is 5.82 Å². The molecule has 0 radical (unpaired) electrons. The van der Waals surface area contributed by atoms with Gasteiger partial charge in [-0.1, -0.05) is 24.3 Å². The first kappa shape index (κ1) is 12.5. The number of ether oxygens (including phenoxy) is 1. The second-order valence-corrected chi connectivity index (χ2v) is 3.80. The number of nitrogens with two attached hydrogens (primary N) is 1. The van der Waals surface area contributed by atoms with Crippen LogP contribution in [0.5, 0.6) is 11.5 Å². The average molecular weight is 249 g/mol. The lowest BCUT2D eigenvalue weighted by molar-refractivity contribution is 0.413. The molecule has 0 heterocycles. The van der Waals surface area contributed by atoms with Crippen LogP contribution in [0.4, 0.5) is 8.78 Å². The standard InChI is InChI=1S/C14H13F2NO/c15-11-5-3-7-13(14(11)16)18-12-6-2-1-4-10(12)8-9-17/h1-7H,8-9,17H2. The molecular weight excluding hydrogens is 236 g/mol. The molecule has 2 N–H and O–H groups in total. The Hall–Kier alpha value is -1.94. The summed E-state index contributed by atoms with van der Waals surface area (Å²) in [5.74, 6) is -1.55. The van der Waals surface area contributed by atoms with Gasteiger partial charge in [0.1, 0.15) is 5.75 Å². The molecule has 0 saturated heterocycles. The molecule has 0 spiro atoms. The highest BCUT2D eigenvalue weighted by atomic mass is 19.2. The molecule has 2 rings (SSSR count). The molecule has 2 nitrogen and oxygen atoms in total. The third kappa shape index (κ3) is 2.65. The lowest BCUT2D eigenvalue weighted by atomic mass is 10.1. The lowest BCUT2D eigenvalue weighted by Crippen LogP contribution is -2.04. The monoisotopic (exact) mass is 249 g/mol. The maximum absolute atomic E-state index is 13.5. The third-order valence-electron chi connectivity index (χ3n) is 2.52. The molecule has 0 unspecified atom stereocenters. The van der Waals surface area contributed by atoms with Gasteiger partial charge in [-0.25, -0.2) is 4.39 Å². The van der Waals surface area contributed by atoms with Crippen LogP contribution in [-0.2, 0) is 6.42 Å². The predicted molar refractivity (Wildman–Crippen MR) is 65.6 cm³/mol. The van der Waals surface area contributed by atoms with Crippen LogP contribution in [0.25, 0.3) is 0 Å². The van der Waals surface area contributed by atoms with E-state index in [1.165, 1.54) is 12.1 Å². The zero-order chi connectivity index (χ0) is 13.0. The van der Waals surface area contributed by atoms with Crippen molar-refractivity contribution in [3.05, 3.63) is 59.7 Å². The normalized spacial score (nSPS) is 10.4. The lowest BCUT2D eigenvalue weighted by Gasteiger charge is -2.11. The topological polar surface area (TPSA) is 35.2 Å². The Bertz CT molecular complexity index is 543. The van der Waals surface area contributed by atoms with E-state index in [-0.39, 0.29) is 5.75 Å². The van der Waals surface area contributed by atoms with Crippen LogP contribution in [0.1, 0.15) is 5.56 Å². The van der Waals surface area contributed by atoms with E-state index in [1.807, 2.05) is 12.1 Å². The van der Waals surface area contributed by atoms with Crippen LogP contribution in [0.2, 0.25) is 0 Å². The van der Waals surface area contributed by atoms with Crippen LogP contribution in [-0.4, -0.2) is 6.54 Å². The minimum absolute atomic E-state index is 0.125. The first-order chi connectivity index (χ1) is 8.72. The highest BCUT2D eigenvalue weighted by molar-refractivity contribution is 5.38. The molecule has 4 heteroatoms. The van der Waals surface area contributed by atoms with Gasteiger partial charge in [0.15, 0.2) is 11.6 Å². The fourth-order valence-corrected chi connectivity index (χ4v) is 1.65. The van der Waals surface area contributed by atoms with Crippen molar-refractivity contribution in [3.63, 3.8) is 0 Å². The summed E-state index contributed by atoms with van der Waals surface area (Å²) in [4.78, 5) is 0. The fourth-order valence-electron chi connectivity index (χ4n) is 1.65. The molecule has 0 atom stereocenters. The van der Waals surface area contributed by atoms with Crippen LogP contribution in [0.15, 0.2) is 42.5 Å². The van der Waals surface area contributed by atoms with E-state index in [0.29, 0.717) is 18.7 Å². The largest absolute Gasteiger partial charge is 0.454 e. The molecule has 0 aliphatic carbocycles. The van der Waals surface area contributed by atoms with Gasteiger partial charge in [-0.3, -0.25) is 0 Å². The summed E-state index contributed by atoms with van der Waals surface area (Å²) < 4.78 is 31.9. The summed E-state index contributed by atoms with van der Waals surface area (Å²) in [6.07, 6.45) is 0.618. The van der Waals surface area contributed by atoms with Crippen LogP contribution < -0.4 is 10.5 Å². The zero-order valence-corrected chi connectivity index (χ0v) is 9.70. The van der Waals surface area contributed by atoms with Crippen molar-refractivity contribution in [1.82, 2.24) is 0 Å². The molecule has 0 amide bonds. The second-order valence-electron chi connectivity index (χ2n) is 3.80. The van der Waals surface area contributed by atoms with E-state index < -0.39 is 11.6 Å². The van der Waals surface area contributed by atoms with Crippen molar-refractivity contribution in [2.75, 3.05) is 6.54 Å². The maximum atomic E-state index is 13.5. The number of benzene rings is 2. The third-order valence-corrected chi connectivity index (χ3v) is 2.52. The summed E-state index contributed by atoms with van der Waals surface area (Å²) in [5.41, 5.74) is 6.35. The Labute approximate surface area is 104 Å². The van der Waals surface area contributed by atoms with Gasteiger partial charge < -0.3 is 10.5 Å². The maximum Gasteiger partial charge on any atom is 0.201 e. The number of para-hydroxylation sites is 1.